The molecule has 0 unspecified atom stereocenters. The molecule has 3 atom stereocenters. The summed E-state index contributed by atoms with van der Waals surface area (Å²) in [5.74, 6) is 0.115. The molecule has 8 heteroatoms. The number of imide groups is 1. The van der Waals surface area contributed by atoms with Crippen LogP contribution in [0.5, 0.6) is 5.75 Å². The highest BCUT2D eigenvalue weighted by Gasteiger charge is 2.41. The average molecular weight is 492 g/mol. The van der Waals surface area contributed by atoms with Gasteiger partial charge in [0.2, 0.25) is 11.8 Å². The number of rotatable bonds is 5. The quantitative estimate of drug-likeness (QED) is 0.649. The Kier molecular flexibility index (Phi) is 5.99. The third-order valence-corrected chi connectivity index (χ3v) is 8.17. The molecule has 1 aliphatic carbocycles. The third-order valence-electron chi connectivity index (χ3n) is 8.17. The maximum atomic E-state index is 13.3. The summed E-state index contributed by atoms with van der Waals surface area (Å²) in [5, 5.41) is 2.34. The molecule has 0 radical (unpaired) electrons. The number of piperidine rings is 1. The Morgan fingerprint density at radius 1 is 0.944 bits per heavy atom. The summed E-state index contributed by atoms with van der Waals surface area (Å²) in [6.45, 7) is 2.25. The predicted octanol–water partition coefficient (Wildman–Crippen LogP) is 3.38. The number of halogens is 1. The Morgan fingerprint density at radius 3 is 2.50 bits per heavy atom. The van der Waals surface area contributed by atoms with Crippen LogP contribution >= 0.6 is 0 Å². The molecule has 3 heterocycles. The Morgan fingerprint density at radius 2 is 1.72 bits per heavy atom. The van der Waals surface area contributed by atoms with Crippen LogP contribution in [0.25, 0.3) is 0 Å². The number of hydrogen-bond acceptors (Lipinski definition) is 5. The van der Waals surface area contributed by atoms with Crippen LogP contribution < -0.4 is 10.1 Å². The number of benzene rings is 2. The van der Waals surface area contributed by atoms with Crippen molar-refractivity contribution in [3.8, 4) is 5.75 Å². The summed E-state index contributed by atoms with van der Waals surface area (Å²) >= 11 is 0. The van der Waals surface area contributed by atoms with E-state index >= 15 is 0 Å². The van der Waals surface area contributed by atoms with Crippen LogP contribution in [-0.2, 0) is 16.1 Å². The third kappa shape index (κ3) is 4.28. The van der Waals surface area contributed by atoms with Crippen LogP contribution in [0.3, 0.4) is 0 Å². The first-order valence-corrected chi connectivity index (χ1v) is 12.9. The van der Waals surface area contributed by atoms with E-state index in [2.05, 4.69) is 10.2 Å². The number of amides is 3. The molecule has 0 spiro atoms. The van der Waals surface area contributed by atoms with E-state index in [0.29, 0.717) is 30.5 Å². The fourth-order valence-corrected chi connectivity index (χ4v) is 6.16. The molecule has 1 N–H and O–H groups in total. The van der Waals surface area contributed by atoms with Crippen molar-refractivity contribution in [3.05, 3.63) is 65.0 Å². The van der Waals surface area contributed by atoms with Crippen molar-refractivity contribution in [3.63, 3.8) is 0 Å². The fourth-order valence-electron chi connectivity index (χ4n) is 6.16. The van der Waals surface area contributed by atoms with Gasteiger partial charge in [-0.15, -0.1) is 0 Å². The molecule has 4 aliphatic rings. The SMILES string of the molecule is O=C1CC[C@@H](N2Cc3cc(O[C@H]4CCCC[C@@H]4N4CC(c5ccc(F)cc5)C4)ccc3C2=O)C(=O)N1. The molecule has 36 heavy (non-hydrogen) atoms. The summed E-state index contributed by atoms with van der Waals surface area (Å²) in [6, 6.07) is 12.1. The molecule has 0 aromatic heterocycles. The lowest BCUT2D eigenvalue weighted by molar-refractivity contribution is -0.136. The smallest absolute Gasteiger partial charge is 0.255 e. The predicted molar refractivity (Wildman–Crippen MR) is 130 cm³/mol. The second-order valence-electron chi connectivity index (χ2n) is 10.4. The summed E-state index contributed by atoms with van der Waals surface area (Å²) in [6.07, 6.45) is 5.06. The summed E-state index contributed by atoms with van der Waals surface area (Å²) < 4.78 is 19.8. The van der Waals surface area contributed by atoms with Crippen LogP contribution in [-0.4, -0.2) is 58.8 Å². The molecule has 3 amide bonds. The Labute approximate surface area is 209 Å². The summed E-state index contributed by atoms with van der Waals surface area (Å²) in [4.78, 5) is 40.8. The maximum absolute atomic E-state index is 13.3. The molecular formula is C28H30FN3O4. The number of fused-ring (bicyclic) bond motifs is 1. The standard InChI is InChI=1S/C28H30FN3O4/c29-20-7-5-17(6-8-20)19-14-31(15-19)23-3-1-2-4-25(23)36-21-9-10-22-18(13-21)16-32(28(22)35)24-11-12-26(33)30-27(24)34/h5-10,13,19,23-25H,1-4,11-12,14-16H2,(H,30,33,34)/t23-,24+,25-/m0/s1. The van der Waals surface area contributed by atoms with Gasteiger partial charge in [-0.3, -0.25) is 24.6 Å². The first-order valence-electron chi connectivity index (χ1n) is 12.9. The highest BCUT2D eigenvalue weighted by atomic mass is 19.1. The van der Waals surface area contributed by atoms with Crippen LogP contribution in [0.1, 0.15) is 65.9 Å². The van der Waals surface area contributed by atoms with E-state index in [0.717, 1.165) is 43.7 Å². The van der Waals surface area contributed by atoms with Crippen molar-refractivity contribution in [1.82, 2.24) is 15.1 Å². The number of nitrogens with one attached hydrogen (secondary N) is 1. The summed E-state index contributed by atoms with van der Waals surface area (Å²) in [7, 11) is 0. The molecule has 6 rings (SSSR count). The molecule has 3 fully saturated rings. The van der Waals surface area contributed by atoms with Crippen LogP contribution in [0.2, 0.25) is 0 Å². The lowest BCUT2D eigenvalue weighted by Crippen LogP contribution is -2.57. The Hall–Kier alpha value is -3.26. The van der Waals surface area contributed by atoms with Crippen molar-refractivity contribution in [2.24, 2.45) is 0 Å². The minimum Gasteiger partial charge on any atom is -0.489 e. The Balaban J connectivity index is 1.11. The monoisotopic (exact) mass is 491 g/mol. The van der Waals surface area contributed by atoms with Gasteiger partial charge in [0.1, 0.15) is 23.7 Å². The molecule has 0 bridgehead atoms. The average Bonchev–Trinajstić information content (AvgIpc) is 3.16. The van der Waals surface area contributed by atoms with E-state index in [1.165, 1.54) is 24.1 Å². The number of carbonyl (C=O) groups is 3. The topological polar surface area (TPSA) is 79.0 Å². The highest BCUT2D eigenvalue weighted by Crippen LogP contribution is 2.36. The minimum atomic E-state index is -0.616. The van der Waals surface area contributed by atoms with E-state index in [1.807, 2.05) is 24.3 Å². The zero-order valence-electron chi connectivity index (χ0n) is 20.1. The van der Waals surface area contributed by atoms with E-state index in [-0.39, 0.29) is 30.2 Å². The van der Waals surface area contributed by atoms with Crippen molar-refractivity contribution >= 4 is 17.7 Å². The number of ether oxygens (including phenoxy) is 1. The normalized spacial score (nSPS) is 27.0. The van der Waals surface area contributed by atoms with Crippen molar-refractivity contribution in [2.45, 2.75) is 69.2 Å². The van der Waals surface area contributed by atoms with Crippen LogP contribution in [0, 0.1) is 5.82 Å². The minimum absolute atomic E-state index is 0.0781. The van der Waals surface area contributed by atoms with Crippen LogP contribution in [0.4, 0.5) is 4.39 Å². The zero-order chi connectivity index (χ0) is 24.8. The van der Waals surface area contributed by atoms with Gasteiger partial charge in [-0.2, -0.15) is 0 Å². The van der Waals surface area contributed by atoms with Gasteiger partial charge in [-0.1, -0.05) is 18.6 Å². The number of hydrogen-bond donors (Lipinski definition) is 1. The fraction of sp³-hybridized carbons (Fsp3) is 0.464. The first kappa shape index (κ1) is 23.2. The zero-order valence-corrected chi connectivity index (χ0v) is 20.1. The van der Waals surface area contributed by atoms with Gasteiger partial charge < -0.3 is 9.64 Å². The molecule has 188 valence electrons. The van der Waals surface area contributed by atoms with E-state index < -0.39 is 11.9 Å². The second-order valence-corrected chi connectivity index (χ2v) is 10.4. The van der Waals surface area contributed by atoms with Crippen LogP contribution in [0.15, 0.2) is 42.5 Å². The van der Waals surface area contributed by atoms with Gasteiger partial charge in [0.15, 0.2) is 0 Å². The van der Waals surface area contributed by atoms with Gasteiger partial charge in [0.05, 0.1) is 0 Å². The van der Waals surface area contributed by atoms with Crippen molar-refractivity contribution < 1.29 is 23.5 Å². The Bertz CT molecular complexity index is 1190. The second kappa shape index (κ2) is 9.32. The van der Waals surface area contributed by atoms with Gasteiger partial charge in [0, 0.05) is 43.6 Å². The summed E-state index contributed by atoms with van der Waals surface area (Å²) in [5.41, 5.74) is 2.64. The van der Waals surface area contributed by atoms with E-state index in [1.54, 1.807) is 11.0 Å². The largest absolute Gasteiger partial charge is 0.489 e. The van der Waals surface area contributed by atoms with Gasteiger partial charge in [0.25, 0.3) is 5.91 Å². The van der Waals surface area contributed by atoms with E-state index in [4.69, 9.17) is 4.74 Å². The number of likely N-dealkylation sites (tertiary alicyclic amines) is 1. The molecule has 2 saturated heterocycles. The molecular weight excluding hydrogens is 461 g/mol. The van der Waals surface area contributed by atoms with Crippen molar-refractivity contribution in [2.75, 3.05) is 13.1 Å². The van der Waals surface area contributed by atoms with Crippen molar-refractivity contribution in [1.29, 1.82) is 0 Å². The first-order chi connectivity index (χ1) is 17.5. The highest BCUT2D eigenvalue weighted by molar-refractivity contribution is 6.05. The lowest BCUT2D eigenvalue weighted by atomic mass is 9.84. The lowest BCUT2D eigenvalue weighted by Gasteiger charge is -2.48. The molecule has 3 aliphatic heterocycles. The molecule has 2 aromatic rings. The maximum Gasteiger partial charge on any atom is 0.255 e. The molecule has 2 aromatic carbocycles. The molecule has 7 nitrogen and oxygen atoms in total. The number of carbonyl (C=O) groups excluding carboxylic acids is 3. The molecule has 1 saturated carbocycles. The van der Waals surface area contributed by atoms with Gasteiger partial charge in [-0.25, -0.2) is 4.39 Å². The number of nitrogens with zero attached hydrogens (tertiary/aromatic N) is 2. The van der Waals surface area contributed by atoms with Gasteiger partial charge in [-0.05, 0) is 67.1 Å². The van der Waals surface area contributed by atoms with E-state index in [9.17, 15) is 18.8 Å². The van der Waals surface area contributed by atoms with Gasteiger partial charge >= 0.3 is 0 Å².